The number of hydrogen-bond acceptors (Lipinski definition) is 5. The molecule has 9 heteroatoms. The van der Waals surface area contributed by atoms with Crippen LogP contribution in [0.25, 0.3) is 0 Å². The van der Waals surface area contributed by atoms with Crippen LogP contribution in [0, 0.1) is 28.5 Å². The van der Waals surface area contributed by atoms with Crippen LogP contribution in [0.4, 0.5) is 14.9 Å². The van der Waals surface area contributed by atoms with Crippen LogP contribution in [0.2, 0.25) is 5.02 Å². The van der Waals surface area contributed by atoms with E-state index in [-0.39, 0.29) is 16.5 Å². The fourth-order valence-corrected chi connectivity index (χ4v) is 2.39. The van der Waals surface area contributed by atoms with Crippen LogP contribution in [-0.2, 0) is 0 Å². The summed E-state index contributed by atoms with van der Waals surface area (Å²) in [5.74, 6) is -0.812. The highest BCUT2D eigenvalue weighted by atomic mass is 35.5. The summed E-state index contributed by atoms with van der Waals surface area (Å²) < 4.78 is 19.1. The minimum Gasteiger partial charge on any atom is -0.495 e. The van der Waals surface area contributed by atoms with Gasteiger partial charge in [0.25, 0.3) is 5.72 Å². The molecule has 0 aromatic heterocycles. The predicted octanol–water partition coefficient (Wildman–Crippen LogP) is 1.46. The summed E-state index contributed by atoms with van der Waals surface area (Å²) in [5, 5.41) is 28.5. The number of nitrogens with zero attached hydrogens (tertiary/aromatic N) is 4. The Hall–Kier alpha value is -2.55. The van der Waals surface area contributed by atoms with Gasteiger partial charge in [0.15, 0.2) is 6.04 Å². The van der Waals surface area contributed by atoms with Crippen molar-refractivity contribution in [3.63, 3.8) is 0 Å². The molecule has 1 aliphatic heterocycles. The second-order valence-corrected chi connectivity index (χ2v) is 4.93. The lowest BCUT2D eigenvalue weighted by Crippen LogP contribution is -2.48. The Kier molecular flexibility index (Phi) is 3.84. The van der Waals surface area contributed by atoms with Crippen molar-refractivity contribution in [1.29, 1.82) is 10.5 Å². The van der Waals surface area contributed by atoms with Crippen molar-refractivity contribution in [2.24, 2.45) is 0 Å². The zero-order valence-corrected chi connectivity index (χ0v) is 12.3. The molecule has 114 valence electrons. The number of carbonyl (C=O) groups excluding carboxylic acids is 1. The fourth-order valence-electron chi connectivity index (χ4n) is 2.17. The molecule has 0 aliphatic carbocycles. The molecular weight excluding hydrogens is 315 g/mol. The monoisotopic (exact) mass is 324 g/mol. The van der Waals surface area contributed by atoms with Crippen molar-refractivity contribution in [2.75, 3.05) is 19.1 Å². The number of amides is 2. The highest BCUT2D eigenvalue weighted by Gasteiger charge is 2.57. The molecular formula is C13H10ClFN4O3. The van der Waals surface area contributed by atoms with Gasteiger partial charge in [-0.25, -0.2) is 9.18 Å². The molecule has 1 N–H and O–H groups in total. The Morgan fingerprint density at radius 1 is 1.50 bits per heavy atom. The number of urea groups is 1. The second kappa shape index (κ2) is 5.34. The minimum absolute atomic E-state index is 0.0206. The number of halogens is 2. The average Bonchev–Trinajstić information content (AvgIpc) is 2.69. The predicted molar refractivity (Wildman–Crippen MR) is 73.6 cm³/mol. The van der Waals surface area contributed by atoms with Gasteiger partial charge in [-0.3, -0.25) is 9.80 Å². The van der Waals surface area contributed by atoms with Crippen LogP contribution >= 0.6 is 11.6 Å². The van der Waals surface area contributed by atoms with Gasteiger partial charge in [-0.1, -0.05) is 11.6 Å². The Morgan fingerprint density at radius 2 is 2.14 bits per heavy atom. The van der Waals surface area contributed by atoms with Gasteiger partial charge in [0.05, 0.1) is 23.9 Å². The first-order valence-electron chi connectivity index (χ1n) is 5.95. The summed E-state index contributed by atoms with van der Waals surface area (Å²) in [6.45, 7) is 0. The third-order valence-electron chi connectivity index (χ3n) is 3.41. The summed E-state index contributed by atoms with van der Waals surface area (Å²) in [7, 11) is 2.44. The third kappa shape index (κ3) is 2.01. The molecule has 0 bridgehead atoms. The number of aliphatic hydroxyl groups is 1. The lowest BCUT2D eigenvalue weighted by molar-refractivity contribution is -0.000675. The van der Waals surface area contributed by atoms with Gasteiger partial charge < -0.3 is 9.84 Å². The minimum atomic E-state index is -2.40. The van der Waals surface area contributed by atoms with E-state index in [1.54, 1.807) is 6.07 Å². The van der Waals surface area contributed by atoms with Gasteiger partial charge in [0.2, 0.25) is 0 Å². The summed E-state index contributed by atoms with van der Waals surface area (Å²) in [4.78, 5) is 13.6. The van der Waals surface area contributed by atoms with Crippen molar-refractivity contribution in [1.82, 2.24) is 4.90 Å². The summed E-state index contributed by atoms with van der Waals surface area (Å²) in [6.07, 6.45) is 0. The van der Waals surface area contributed by atoms with Crippen molar-refractivity contribution in [3.05, 3.63) is 23.0 Å². The number of hydrogen-bond donors (Lipinski definition) is 1. The van der Waals surface area contributed by atoms with Crippen LogP contribution in [-0.4, -0.2) is 42.0 Å². The second-order valence-electron chi connectivity index (χ2n) is 4.52. The van der Waals surface area contributed by atoms with Crippen LogP contribution in [0.15, 0.2) is 12.1 Å². The first kappa shape index (κ1) is 15.8. The Bertz CT molecular complexity index is 729. The molecule has 0 radical (unpaired) electrons. The highest BCUT2D eigenvalue weighted by molar-refractivity contribution is 6.32. The van der Waals surface area contributed by atoms with Gasteiger partial charge in [-0.2, -0.15) is 10.5 Å². The summed E-state index contributed by atoms with van der Waals surface area (Å²) >= 11 is 5.78. The number of nitriles is 2. The first-order valence-corrected chi connectivity index (χ1v) is 6.33. The summed E-state index contributed by atoms with van der Waals surface area (Å²) in [5.41, 5.74) is -2.72. The highest BCUT2D eigenvalue weighted by Crippen LogP contribution is 2.38. The van der Waals surface area contributed by atoms with E-state index in [1.165, 1.54) is 13.2 Å². The number of likely N-dealkylation sites (N-methyl/N-ethyl adjacent to an activating group) is 1. The van der Waals surface area contributed by atoms with Gasteiger partial charge in [-0.15, -0.1) is 0 Å². The fraction of sp³-hybridized carbons (Fsp3) is 0.308. The van der Waals surface area contributed by atoms with Crippen molar-refractivity contribution in [3.8, 4) is 17.9 Å². The van der Waals surface area contributed by atoms with Gasteiger partial charge in [0.1, 0.15) is 17.6 Å². The van der Waals surface area contributed by atoms with E-state index in [2.05, 4.69) is 0 Å². The molecule has 1 heterocycles. The standard InChI is InChI=1S/C13H10ClFN4O3/c1-18-12(20)19(11(5-16)13(18,21)6-17)9-4-10(22-2)7(14)3-8(9)15/h3-4,11,21H,1-2H3. The van der Waals surface area contributed by atoms with E-state index in [0.717, 1.165) is 19.2 Å². The molecule has 2 amide bonds. The molecule has 1 saturated heterocycles. The molecule has 2 unspecified atom stereocenters. The maximum Gasteiger partial charge on any atom is 0.328 e. The van der Waals surface area contributed by atoms with E-state index in [1.807, 2.05) is 0 Å². The van der Waals surface area contributed by atoms with Crippen LogP contribution in [0.3, 0.4) is 0 Å². The lowest BCUT2D eigenvalue weighted by atomic mass is 10.1. The van der Waals surface area contributed by atoms with Gasteiger partial charge in [0, 0.05) is 13.1 Å². The average molecular weight is 325 g/mol. The molecule has 1 aromatic carbocycles. The van der Waals surface area contributed by atoms with Crippen molar-refractivity contribution in [2.45, 2.75) is 11.8 Å². The molecule has 0 saturated carbocycles. The molecule has 0 spiro atoms. The molecule has 1 aliphatic rings. The molecule has 2 atom stereocenters. The number of benzene rings is 1. The van der Waals surface area contributed by atoms with E-state index in [0.29, 0.717) is 9.80 Å². The van der Waals surface area contributed by atoms with Crippen LogP contribution in [0.5, 0.6) is 5.75 Å². The number of methoxy groups -OCH3 is 1. The smallest absolute Gasteiger partial charge is 0.328 e. The van der Waals surface area contributed by atoms with Gasteiger partial charge >= 0.3 is 6.03 Å². The SMILES string of the molecule is COc1cc(N2C(=O)N(C)C(O)(C#N)C2C#N)c(F)cc1Cl. The third-order valence-corrected chi connectivity index (χ3v) is 3.71. The van der Waals surface area contributed by atoms with E-state index >= 15 is 0 Å². The van der Waals surface area contributed by atoms with Gasteiger partial charge in [-0.05, 0) is 6.07 Å². The van der Waals surface area contributed by atoms with E-state index < -0.39 is 23.6 Å². The molecule has 1 fully saturated rings. The number of anilines is 1. The zero-order chi connectivity index (χ0) is 16.7. The quantitative estimate of drug-likeness (QED) is 0.830. The lowest BCUT2D eigenvalue weighted by Gasteiger charge is -2.23. The van der Waals surface area contributed by atoms with Crippen LogP contribution < -0.4 is 9.64 Å². The topological polar surface area (TPSA) is 101 Å². The molecule has 2 rings (SSSR count). The normalized spacial score (nSPS) is 24.1. The first-order chi connectivity index (χ1) is 10.3. The Morgan fingerprint density at radius 3 is 2.64 bits per heavy atom. The molecule has 22 heavy (non-hydrogen) atoms. The number of carbonyl (C=O) groups is 1. The van der Waals surface area contributed by atoms with Crippen LogP contribution in [0.1, 0.15) is 0 Å². The maximum absolute atomic E-state index is 14.2. The van der Waals surface area contributed by atoms with Crippen molar-refractivity contribution < 1.29 is 19.0 Å². The van der Waals surface area contributed by atoms with E-state index in [4.69, 9.17) is 21.6 Å². The molecule has 7 nitrogen and oxygen atoms in total. The number of rotatable bonds is 2. The zero-order valence-electron chi connectivity index (χ0n) is 11.5. The Balaban J connectivity index is 2.65. The van der Waals surface area contributed by atoms with E-state index in [9.17, 15) is 19.6 Å². The molecule has 1 aromatic rings. The largest absolute Gasteiger partial charge is 0.495 e. The van der Waals surface area contributed by atoms with Crippen molar-refractivity contribution >= 4 is 23.3 Å². The Labute approximate surface area is 130 Å². The number of ether oxygens (including phenoxy) is 1. The maximum atomic E-state index is 14.2. The summed E-state index contributed by atoms with van der Waals surface area (Å²) in [6, 6.07) is 2.66.